The van der Waals surface area contributed by atoms with E-state index in [9.17, 15) is 4.79 Å². The average molecular weight is 263 g/mol. The van der Waals surface area contributed by atoms with Gasteiger partial charge in [0.05, 0.1) is 6.61 Å². The third-order valence-electron chi connectivity index (χ3n) is 3.55. The second-order valence-corrected chi connectivity index (χ2v) is 5.05. The maximum absolute atomic E-state index is 12.3. The molecule has 1 amide bonds. The molecular formula is C12H23ClN2O2. The Morgan fingerprint density at radius 3 is 2.82 bits per heavy atom. The van der Waals surface area contributed by atoms with Gasteiger partial charge in [0.2, 0.25) is 0 Å². The van der Waals surface area contributed by atoms with Gasteiger partial charge < -0.3 is 15.0 Å². The number of carbonyl (C=O) groups is 1. The fourth-order valence-corrected chi connectivity index (χ4v) is 2.67. The number of nitrogens with one attached hydrogen (secondary N) is 1. The lowest BCUT2D eigenvalue weighted by Gasteiger charge is -2.32. The second-order valence-electron chi connectivity index (χ2n) is 5.05. The molecule has 0 aromatic carbocycles. The normalized spacial score (nSPS) is 29.2. The van der Waals surface area contributed by atoms with Crippen LogP contribution in [0.25, 0.3) is 0 Å². The van der Waals surface area contributed by atoms with Gasteiger partial charge in [-0.05, 0) is 18.8 Å². The lowest BCUT2D eigenvalue weighted by Crippen LogP contribution is -2.51. The minimum Gasteiger partial charge on any atom is -0.366 e. The van der Waals surface area contributed by atoms with Crippen molar-refractivity contribution in [1.29, 1.82) is 0 Å². The van der Waals surface area contributed by atoms with Gasteiger partial charge >= 0.3 is 0 Å². The van der Waals surface area contributed by atoms with E-state index in [1.807, 2.05) is 4.90 Å². The third kappa shape index (κ3) is 3.33. The van der Waals surface area contributed by atoms with Crippen LogP contribution in [0.15, 0.2) is 0 Å². The van der Waals surface area contributed by atoms with Gasteiger partial charge in [-0.25, -0.2) is 0 Å². The van der Waals surface area contributed by atoms with Crippen LogP contribution in [-0.2, 0) is 9.53 Å². The van der Waals surface area contributed by atoms with Crippen LogP contribution in [0.4, 0.5) is 0 Å². The Morgan fingerprint density at radius 2 is 2.24 bits per heavy atom. The first kappa shape index (κ1) is 14.7. The lowest BCUT2D eigenvalue weighted by molar-refractivity contribution is -0.146. The Morgan fingerprint density at radius 1 is 1.47 bits per heavy atom. The summed E-state index contributed by atoms with van der Waals surface area (Å²) in [7, 11) is 0. The monoisotopic (exact) mass is 262 g/mol. The van der Waals surface area contributed by atoms with E-state index in [0.717, 1.165) is 25.9 Å². The third-order valence-corrected chi connectivity index (χ3v) is 3.55. The van der Waals surface area contributed by atoms with E-state index in [0.29, 0.717) is 25.1 Å². The van der Waals surface area contributed by atoms with Gasteiger partial charge in [-0.3, -0.25) is 4.79 Å². The summed E-state index contributed by atoms with van der Waals surface area (Å²) in [6, 6.07) is 0.415. The molecule has 0 aromatic rings. The zero-order valence-electron chi connectivity index (χ0n) is 10.6. The van der Waals surface area contributed by atoms with Gasteiger partial charge in [-0.1, -0.05) is 13.8 Å². The molecule has 2 rings (SSSR count). The number of amides is 1. The van der Waals surface area contributed by atoms with E-state index in [-0.39, 0.29) is 24.4 Å². The fraction of sp³-hybridized carbons (Fsp3) is 0.917. The van der Waals surface area contributed by atoms with Crippen molar-refractivity contribution in [2.45, 2.75) is 38.8 Å². The van der Waals surface area contributed by atoms with Crippen LogP contribution < -0.4 is 5.32 Å². The summed E-state index contributed by atoms with van der Waals surface area (Å²) in [4.78, 5) is 14.3. The molecule has 100 valence electrons. The van der Waals surface area contributed by atoms with Crippen LogP contribution in [0.5, 0.6) is 0 Å². The van der Waals surface area contributed by atoms with E-state index in [4.69, 9.17) is 4.74 Å². The number of likely N-dealkylation sites (tertiary alicyclic amines) is 1. The van der Waals surface area contributed by atoms with Crippen molar-refractivity contribution in [2.24, 2.45) is 5.92 Å². The fourth-order valence-electron chi connectivity index (χ4n) is 2.67. The molecular weight excluding hydrogens is 240 g/mol. The van der Waals surface area contributed by atoms with Gasteiger partial charge in [0.1, 0.15) is 6.10 Å². The first-order chi connectivity index (χ1) is 7.70. The number of hydrogen-bond donors (Lipinski definition) is 1. The molecule has 2 heterocycles. The highest BCUT2D eigenvalue weighted by atomic mass is 35.5. The van der Waals surface area contributed by atoms with E-state index in [1.165, 1.54) is 0 Å². The van der Waals surface area contributed by atoms with E-state index in [1.54, 1.807) is 0 Å². The summed E-state index contributed by atoms with van der Waals surface area (Å²) in [5, 5.41) is 3.21. The molecule has 0 bridgehead atoms. The molecule has 0 radical (unpaired) electrons. The van der Waals surface area contributed by atoms with Crippen LogP contribution in [0.1, 0.15) is 26.7 Å². The van der Waals surface area contributed by atoms with Gasteiger partial charge in [0.25, 0.3) is 5.91 Å². The quantitative estimate of drug-likeness (QED) is 0.809. The van der Waals surface area contributed by atoms with Crippen molar-refractivity contribution in [3.8, 4) is 0 Å². The molecule has 0 aromatic heterocycles. The highest BCUT2D eigenvalue weighted by molar-refractivity contribution is 5.85. The number of rotatable bonds is 2. The van der Waals surface area contributed by atoms with E-state index < -0.39 is 0 Å². The minimum absolute atomic E-state index is 0. The Bertz CT molecular complexity index is 255. The van der Waals surface area contributed by atoms with Crippen molar-refractivity contribution in [3.05, 3.63) is 0 Å². The number of halogens is 1. The Kier molecular flexibility index (Phi) is 5.70. The van der Waals surface area contributed by atoms with Crippen molar-refractivity contribution in [2.75, 3.05) is 26.2 Å². The molecule has 2 atom stereocenters. The van der Waals surface area contributed by atoms with Crippen LogP contribution in [0.3, 0.4) is 0 Å². The number of carbonyl (C=O) groups excluding carboxylic acids is 1. The summed E-state index contributed by atoms with van der Waals surface area (Å²) in [5.74, 6) is 0.728. The average Bonchev–Trinajstić information content (AvgIpc) is 2.78. The number of morpholine rings is 1. The van der Waals surface area contributed by atoms with Crippen LogP contribution in [-0.4, -0.2) is 49.2 Å². The van der Waals surface area contributed by atoms with E-state index in [2.05, 4.69) is 19.2 Å². The van der Waals surface area contributed by atoms with Crippen LogP contribution in [0, 0.1) is 5.92 Å². The van der Waals surface area contributed by atoms with Gasteiger partial charge in [-0.15, -0.1) is 12.4 Å². The minimum atomic E-state index is -0.256. The number of ether oxygens (including phenoxy) is 1. The standard InChI is InChI=1S/C12H22N2O2.ClH/c1-9(2)10-4-3-6-14(10)12(15)11-8-13-5-7-16-11;/h9-11,13H,3-8H2,1-2H3;1H. The largest absolute Gasteiger partial charge is 0.366 e. The zero-order chi connectivity index (χ0) is 11.5. The maximum Gasteiger partial charge on any atom is 0.253 e. The molecule has 2 aliphatic rings. The van der Waals surface area contributed by atoms with E-state index >= 15 is 0 Å². The first-order valence-electron chi connectivity index (χ1n) is 6.33. The molecule has 4 nitrogen and oxygen atoms in total. The molecule has 2 aliphatic heterocycles. The Balaban J connectivity index is 0.00000144. The zero-order valence-corrected chi connectivity index (χ0v) is 11.5. The van der Waals surface area contributed by atoms with Gasteiger partial charge in [0.15, 0.2) is 0 Å². The van der Waals surface area contributed by atoms with Crippen molar-refractivity contribution < 1.29 is 9.53 Å². The highest BCUT2D eigenvalue weighted by Gasteiger charge is 2.35. The van der Waals surface area contributed by atoms with Crippen molar-refractivity contribution in [1.82, 2.24) is 10.2 Å². The molecule has 17 heavy (non-hydrogen) atoms. The molecule has 0 saturated carbocycles. The second kappa shape index (κ2) is 6.57. The summed E-state index contributed by atoms with van der Waals surface area (Å²) < 4.78 is 5.53. The van der Waals surface area contributed by atoms with Crippen LogP contribution in [0.2, 0.25) is 0 Å². The predicted molar refractivity (Wildman–Crippen MR) is 69.4 cm³/mol. The Labute approximate surface area is 109 Å². The predicted octanol–water partition coefficient (Wildman–Crippen LogP) is 1.04. The Hall–Kier alpha value is -0.320. The van der Waals surface area contributed by atoms with Gasteiger partial charge in [0, 0.05) is 25.7 Å². The summed E-state index contributed by atoms with van der Waals surface area (Å²) >= 11 is 0. The SMILES string of the molecule is CC(C)C1CCCN1C(=O)C1CNCCO1.Cl. The van der Waals surface area contributed by atoms with Gasteiger partial charge in [-0.2, -0.15) is 0 Å². The number of nitrogens with zero attached hydrogens (tertiary/aromatic N) is 1. The lowest BCUT2D eigenvalue weighted by atomic mass is 10.0. The van der Waals surface area contributed by atoms with Crippen molar-refractivity contribution >= 4 is 18.3 Å². The molecule has 2 unspecified atom stereocenters. The molecule has 2 fully saturated rings. The number of hydrogen-bond acceptors (Lipinski definition) is 3. The topological polar surface area (TPSA) is 41.6 Å². The molecule has 5 heteroatoms. The molecule has 2 saturated heterocycles. The molecule has 1 N–H and O–H groups in total. The smallest absolute Gasteiger partial charge is 0.253 e. The van der Waals surface area contributed by atoms with Crippen molar-refractivity contribution in [3.63, 3.8) is 0 Å². The summed E-state index contributed by atoms with van der Waals surface area (Å²) in [6.07, 6.45) is 2.02. The highest BCUT2D eigenvalue weighted by Crippen LogP contribution is 2.24. The molecule has 0 spiro atoms. The summed E-state index contributed by atoms with van der Waals surface area (Å²) in [5.41, 5.74) is 0. The van der Waals surface area contributed by atoms with Crippen LogP contribution >= 0.6 is 12.4 Å². The first-order valence-corrected chi connectivity index (χ1v) is 6.33. The summed E-state index contributed by atoms with van der Waals surface area (Å²) in [6.45, 7) is 7.46. The molecule has 0 aliphatic carbocycles. The maximum atomic E-state index is 12.3.